The van der Waals surface area contributed by atoms with Crippen LogP contribution < -0.4 is 5.32 Å². The smallest absolute Gasteiger partial charge is 0.233 e. The van der Waals surface area contributed by atoms with E-state index in [1.165, 1.54) is 29.5 Å². The van der Waals surface area contributed by atoms with E-state index in [9.17, 15) is 4.79 Å². The molecule has 5 nitrogen and oxygen atoms in total. The fourth-order valence-corrected chi connectivity index (χ4v) is 4.89. The molecule has 2 aromatic rings. The van der Waals surface area contributed by atoms with Crippen molar-refractivity contribution in [2.75, 3.05) is 11.1 Å². The summed E-state index contributed by atoms with van der Waals surface area (Å²) in [6.45, 7) is 6.35. The highest BCUT2D eigenvalue weighted by molar-refractivity contribution is 8.01. The van der Waals surface area contributed by atoms with E-state index in [1.54, 1.807) is 0 Å². The van der Waals surface area contributed by atoms with Gasteiger partial charge in [-0.15, -0.1) is 10.2 Å². The highest BCUT2D eigenvalue weighted by Gasteiger charge is 2.28. The number of anilines is 2. The van der Waals surface area contributed by atoms with Gasteiger partial charge in [0.15, 0.2) is 4.34 Å². The SMILES string of the molecule is Cc1ccccc1Nc1nnc(SCC(=O)N2[C@H](C)CCC[C@@H]2C)s1. The highest BCUT2D eigenvalue weighted by atomic mass is 32.2. The molecule has 2 heterocycles. The highest BCUT2D eigenvalue weighted by Crippen LogP contribution is 2.30. The molecular weight excluding hydrogens is 352 g/mol. The largest absolute Gasteiger partial charge is 0.337 e. The molecular formula is C18H24N4OS2. The van der Waals surface area contributed by atoms with E-state index >= 15 is 0 Å². The number of amides is 1. The second-order valence-corrected chi connectivity index (χ2v) is 8.73. The Labute approximate surface area is 157 Å². The van der Waals surface area contributed by atoms with Gasteiger partial charge in [0.1, 0.15) is 0 Å². The van der Waals surface area contributed by atoms with Crippen LogP contribution in [-0.2, 0) is 4.79 Å². The Morgan fingerprint density at radius 3 is 2.72 bits per heavy atom. The molecule has 0 aliphatic carbocycles. The molecule has 1 saturated heterocycles. The summed E-state index contributed by atoms with van der Waals surface area (Å²) < 4.78 is 0.821. The minimum absolute atomic E-state index is 0.202. The molecule has 1 aromatic carbocycles. The number of hydrogen-bond donors (Lipinski definition) is 1. The summed E-state index contributed by atoms with van der Waals surface area (Å²) in [5, 5.41) is 12.4. The van der Waals surface area contributed by atoms with Gasteiger partial charge < -0.3 is 10.2 Å². The summed E-state index contributed by atoms with van der Waals surface area (Å²) in [6, 6.07) is 8.75. The normalized spacial score (nSPS) is 20.5. The van der Waals surface area contributed by atoms with E-state index in [-0.39, 0.29) is 5.91 Å². The number of thioether (sulfide) groups is 1. The Bertz CT molecular complexity index is 723. The Kier molecular flexibility index (Phi) is 5.96. The molecule has 0 spiro atoms. The second kappa shape index (κ2) is 8.19. The number of piperidine rings is 1. The molecule has 25 heavy (non-hydrogen) atoms. The van der Waals surface area contributed by atoms with Crippen LogP contribution in [0.4, 0.5) is 10.8 Å². The van der Waals surface area contributed by atoms with Gasteiger partial charge in [0, 0.05) is 17.8 Å². The Morgan fingerprint density at radius 1 is 1.28 bits per heavy atom. The molecule has 1 aliphatic rings. The Morgan fingerprint density at radius 2 is 2.00 bits per heavy atom. The molecule has 1 aromatic heterocycles. The van der Waals surface area contributed by atoms with Crippen LogP contribution in [0.1, 0.15) is 38.7 Å². The molecule has 3 rings (SSSR count). The van der Waals surface area contributed by atoms with Crippen LogP contribution in [0.2, 0.25) is 0 Å². The fraction of sp³-hybridized carbons (Fsp3) is 0.500. The fourth-order valence-electron chi connectivity index (χ4n) is 3.26. The lowest BCUT2D eigenvalue weighted by atomic mass is 9.98. The lowest BCUT2D eigenvalue weighted by Gasteiger charge is -2.39. The molecule has 0 bridgehead atoms. The summed E-state index contributed by atoms with van der Waals surface area (Å²) in [4.78, 5) is 14.6. The van der Waals surface area contributed by atoms with Gasteiger partial charge in [0.25, 0.3) is 0 Å². The predicted molar refractivity (Wildman–Crippen MR) is 105 cm³/mol. The second-order valence-electron chi connectivity index (χ2n) is 6.53. The molecule has 7 heteroatoms. The third kappa shape index (κ3) is 4.52. The number of nitrogens with one attached hydrogen (secondary N) is 1. The van der Waals surface area contributed by atoms with Crippen molar-refractivity contribution < 1.29 is 4.79 Å². The van der Waals surface area contributed by atoms with Gasteiger partial charge in [-0.05, 0) is 51.7 Å². The van der Waals surface area contributed by atoms with Gasteiger partial charge in [-0.2, -0.15) is 0 Å². The van der Waals surface area contributed by atoms with Crippen LogP contribution >= 0.6 is 23.1 Å². The van der Waals surface area contributed by atoms with E-state index in [1.807, 2.05) is 23.1 Å². The maximum Gasteiger partial charge on any atom is 0.233 e. The first-order valence-electron chi connectivity index (χ1n) is 8.64. The van der Waals surface area contributed by atoms with Crippen molar-refractivity contribution in [2.45, 2.75) is 56.5 Å². The van der Waals surface area contributed by atoms with Crippen LogP contribution in [0.3, 0.4) is 0 Å². The molecule has 1 aliphatic heterocycles. The maximum atomic E-state index is 12.6. The minimum Gasteiger partial charge on any atom is -0.337 e. The number of likely N-dealkylation sites (tertiary alicyclic amines) is 1. The van der Waals surface area contributed by atoms with Crippen molar-refractivity contribution in [3.05, 3.63) is 29.8 Å². The van der Waals surface area contributed by atoms with Gasteiger partial charge in [-0.1, -0.05) is 41.3 Å². The van der Waals surface area contributed by atoms with Gasteiger partial charge in [-0.3, -0.25) is 4.79 Å². The first-order valence-corrected chi connectivity index (χ1v) is 10.4. The molecule has 2 atom stereocenters. The maximum absolute atomic E-state index is 12.6. The van der Waals surface area contributed by atoms with Crippen LogP contribution in [0.5, 0.6) is 0 Å². The van der Waals surface area contributed by atoms with Crippen molar-refractivity contribution in [1.82, 2.24) is 15.1 Å². The molecule has 0 saturated carbocycles. The van der Waals surface area contributed by atoms with E-state index < -0.39 is 0 Å². The monoisotopic (exact) mass is 376 g/mol. The Balaban J connectivity index is 1.56. The summed E-state index contributed by atoms with van der Waals surface area (Å²) >= 11 is 2.96. The number of benzene rings is 1. The van der Waals surface area contributed by atoms with Gasteiger partial charge in [0.2, 0.25) is 11.0 Å². The van der Waals surface area contributed by atoms with Crippen molar-refractivity contribution in [3.8, 4) is 0 Å². The molecule has 1 fully saturated rings. The number of rotatable bonds is 5. The number of carbonyl (C=O) groups is 1. The first kappa shape index (κ1) is 18.2. The van der Waals surface area contributed by atoms with Gasteiger partial charge >= 0.3 is 0 Å². The number of aryl methyl sites for hydroxylation is 1. The van der Waals surface area contributed by atoms with Crippen LogP contribution in [0.25, 0.3) is 0 Å². The number of hydrogen-bond acceptors (Lipinski definition) is 6. The predicted octanol–water partition coefficient (Wildman–Crippen LogP) is 4.47. The number of para-hydroxylation sites is 1. The van der Waals surface area contributed by atoms with Crippen LogP contribution in [0, 0.1) is 6.92 Å². The van der Waals surface area contributed by atoms with Crippen LogP contribution in [-0.4, -0.2) is 38.8 Å². The lowest BCUT2D eigenvalue weighted by Crippen LogP contribution is -2.48. The number of carbonyl (C=O) groups excluding carboxylic acids is 1. The quantitative estimate of drug-likeness (QED) is 0.780. The summed E-state index contributed by atoms with van der Waals surface area (Å²) in [5.74, 6) is 0.626. The molecule has 0 unspecified atom stereocenters. The zero-order valence-corrected chi connectivity index (χ0v) is 16.5. The zero-order valence-electron chi connectivity index (χ0n) is 14.9. The van der Waals surface area contributed by atoms with E-state index in [0.717, 1.165) is 33.6 Å². The van der Waals surface area contributed by atoms with E-state index in [0.29, 0.717) is 17.8 Å². The minimum atomic E-state index is 0.202. The molecule has 0 radical (unpaired) electrons. The van der Waals surface area contributed by atoms with E-state index in [4.69, 9.17) is 0 Å². The van der Waals surface area contributed by atoms with Crippen molar-refractivity contribution in [3.63, 3.8) is 0 Å². The summed E-state index contributed by atoms with van der Waals surface area (Å²) in [5.41, 5.74) is 2.19. The van der Waals surface area contributed by atoms with Crippen molar-refractivity contribution >= 4 is 39.8 Å². The average Bonchev–Trinajstić information content (AvgIpc) is 3.02. The third-order valence-electron chi connectivity index (χ3n) is 4.59. The molecule has 1 N–H and O–H groups in total. The number of nitrogens with zero attached hydrogens (tertiary/aromatic N) is 3. The topological polar surface area (TPSA) is 58.1 Å². The number of aromatic nitrogens is 2. The third-order valence-corrected chi connectivity index (χ3v) is 6.55. The van der Waals surface area contributed by atoms with Crippen LogP contribution in [0.15, 0.2) is 28.6 Å². The lowest BCUT2D eigenvalue weighted by molar-refractivity contribution is -0.134. The van der Waals surface area contributed by atoms with E-state index in [2.05, 4.69) is 42.4 Å². The first-order chi connectivity index (χ1) is 12.0. The van der Waals surface area contributed by atoms with Crippen molar-refractivity contribution in [2.24, 2.45) is 0 Å². The summed E-state index contributed by atoms with van der Waals surface area (Å²) in [7, 11) is 0. The Hall–Kier alpha value is -1.60. The zero-order chi connectivity index (χ0) is 17.8. The molecule has 1 amide bonds. The average molecular weight is 377 g/mol. The van der Waals surface area contributed by atoms with Crippen molar-refractivity contribution in [1.29, 1.82) is 0 Å². The van der Waals surface area contributed by atoms with Gasteiger partial charge in [-0.25, -0.2) is 0 Å². The standard InChI is InChI=1S/C18H24N4OS2/c1-12-7-4-5-10-15(12)19-17-20-21-18(25-17)24-11-16(23)22-13(2)8-6-9-14(22)3/h4-5,7,10,13-14H,6,8-9,11H2,1-3H3,(H,19,20)/t13-,14+. The van der Waals surface area contributed by atoms with Gasteiger partial charge in [0.05, 0.1) is 5.75 Å². The molecule has 134 valence electrons. The summed E-state index contributed by atoms with van der Waals surface area (Å²) in [6.07, 6.45) is 3.41.